The Bertz CT molecular complexity index is 924. The van der Waals surface area contributed by atoms with Crippen LogP contribution >= 0.6 is 23.6 Å². The van der Waals surface area contributed by atoms with Crippen molar-refractivity contribution in [2.24, 2.45) is 10.2 Å². The van der Waals surface area contributed by atoms with Crippen LogP contribution in [-0.4, -0.2) is 27.6 Å². The van der Waals surface area contributed by atoms with Crippen LogP contribution in [0.15, 0.2) is 46.1 Å². The van der Waals surface area contributed by atoms with Gasteiger partial charge in [-0.3, -0.25) is 4.57 Å². The maximum Gasteiger partial charge on any atom is 0.210 e. The number of carboxylic acids is 1. The van der Waals surface area contributed by atoms with Gasteiger partial charge >= 0.3 is 0 Å². The van der Waals surface area contributed by atoms with Gasteiger partial charge in [-0.05, 0) is 18.3 Å². The van der Waals surface area contributed by atoms with Gasteiger partial charge in [-0.2, -0.15) is 5.10 Å². The summed E-state index contributed by atoms with van der Waals surface area (Å²) >= 11 is 6.39. The highest BCUT2D eigenvalue weighted by Gasteiger charge is 2.16. The van der Waals surface area contributed by atoms with Crippen LogP contribution in [-0.2, 0) is 11.3 Å². The molecule has 8 heteroatoms. The minimum absolute atomic E-state index is 0.0635. The van der Waals surface area contributed by atoms with Crippen molar-refractivity contribution in [3.05, 3.63) is 50.3 Å². The number of nitrogens with zero attached hydrogens (tertiary/aromatic N) is 3. The normalized spacial score (nSPS) is 15.0. The van der Waals surface area contributed by atoms with Crippen LogP contribution in [0.4, 0.5) is 0 Å². The summed E-state index contributed by atoms with van der Waals surface area (Å²) in [5.41, 5.74) is 2.37. The Morgan fingerprint density at radius 2 is 2.12 bits per heavy atom. The number of carbonyl (C=O) groups excluding carboxylic acids is 1. The van der Waals surface area contributed by atoms with Crippen LogP contribution in [0.1, 0.15) is 16.9 Å². The highest BCUT2D eigenvalue weighted by atomic mass is 32.1. The lowest BCUT2D eigenvalue weighted by molar-refractivity contribution is -0.305. The number of allylic oxidation sites excluding steroid dienone is 1. The Morgan fingerprint density at radius 1 is 1.38 bits per heavy atom. The molecular weight excluding hydrogens is 346 g/mol. The van der Waals surface area contributed by atoms with Crippen LogP contribution < -0.4 is 5.11 Å². The molecule has 2 aromatic rings. The lowest BCUT2D eigenvalue weighted by Gasteiger charge is -2.05. The highest BCUT2D eigenvalue weighted by Crippen LogP contribution is 2.29. The molecule has 0 saturated heterocycles. The Balaban J connectivity index is 1.93. The maximum atomic E-state index is 10.6. The smallest absolute Gasteiger partial charge is 0.210 e. The quantitative estimate of drug-likeness (QED) is 0.828. The van der Waals surface area contributed by atoms with E-state index in [1.54, 1.807) is 12.3 Å². The number of carbonyl (C=O) groups is 1. The molecule has 1 N–H and O–H groups in total. The molecule has 6 nitrogen and oxygen atoms in total. The molecule has 0 atom stereocenters. The summed E-state index contributed by atoms with van der Waals surface area (Å²) in [7, 11) is 0. The topological polar surface area (TPSA) is 90.0 Å². The van der Waals surface area contributed by atoms with Crippen molar-refractivity contribution >= 4 is 47.5 Å². The predicted octanol–water partition coefficient (Wildman–Crippen LogP) is 2.00. The fourth-order valence-electron chi connectivity index (χ4n) is 2.24. The molecule has 0 unspecified atom stereocenters. The number of aliphatic carboxylic acids is 1. The van der Waals surface area contributed by atoms with Crippen molar-refractivity contribution in [1.29, 1.82) is 0 Å². The molecule has 0 saturated carbocycles. The van der Waals surface area contributed by atoms with Crippen molar-refractivity contribution in [2.45, 2.75) is 13.0 Å². The van der Waals surface area contributed by atoms with E-state index in [2.05, 4.69) is 10.2 Å². The molecule has 2 heterocycles. The molecule has 0 aliphatic carbocycles. The molecule has 1 aromatic carbocycles. The zero-order chi connectivity index (χ0) is 17.1. The van der Waals surface area contributed by atoms with Crippen molar-refractivity contribution in [1.82, 2.24) is 4.57 Å². The van der Waals surface area contributed by atoms with Crippen LogP contribution in [0, 0.1) is 3.95 Å². The molecule has 1 aliphatic rings. The van der Waals surface area contributed by atoms with E-state index in [4.69, 9.17) is 12.2 Å². The first-order valence-electron chi connectivity index (χ1n) is 7.07. The van der Waals surface area contributed by atoms with Gasteiger partial charge in [0.25, 0.3) is 0 Å². The number of aromatic hydroxyl groups is 1. The number of hydrogen-bond donors (Lipinski definition) is 1. The molecule has 3 rings (SSSR count). The largest absolute Gasteiger partial charge is 0.550 e. The molecule has 1 aliphatic heterocycles. The summed E-state index contributed by atoms with van der Waals surface area (Å²) in [5, 5.41) is 29.0. The molecule has 0 fully saturated rings. The lowest BCUT2D eigenvalue weighted by atomic mass is 10.0. The fourth-order valence-corrected chi connectivity index (χ4v) is 3.55. The zero-order valence-electron chi connectivity index (χ0n) is 12.4. The third-order valence-electron chi connectivity index (χ3n) is 3.40. The van der Waals surface area contributed by atoms with E-state index in [-0.39, 0.29) is 18.8 Å². The van der Waals surface area contributed by atoms with Gasteiger partial charge in [0.2, 0.25) is 5.88 Å². The monoisotopic (exact) mass is 358 g/mol. The van der Waals surface area contributed by atoms with Crippen molar-refractivity contribution in [3.8, 4) is 5.88 Å². The summed E-state index contributed by atoms with van der Waals surface area (Å²) in [4.78, 5) is 11.1. The summed E-state index contributed by atoms with van der Waals surface area (Å²) < 4.78 is 1.78. The van der Waals surface area contributed by atoms with E-state index in [1.807, 2.05) is 30.3 Å². The molecule has 1 aromatic heterocycles. The number of hydrogen-bond acceptors (Lipinski definition) is 7. The van der Waals surface area contributed by atoms with Gasteiger partial charge in [-0.1, -0.05) is 30.3 Å². The first-order valence-corrected chi connectivity index (χ1v) is 8.29. The molecular formula is C16H12N3O3S2-. The predicted molar refractivity (Wildman–Crippen MR) is 93.9 cm³/mol. The Kier molecular flexibility index (Phi) is 4.68. The summed E-state index contributed by atoms with van der Waals surface area (Å²) in [6.45, 7) is 0.0698. The first kappa shape index (κ1) is 16.3. The Labute approximate surface area is 146 Å². The molecule has 24 heavy (non-hydrogen) atoms. The minimum atomic E-state index is -1.19. The fraction of sp³-hybridized carbons (Fsp3) is 0.125. The number of thiazole rings is 1. The second kappa shape index (κ2) is 6.90. The number of carboxylic acid groups (broad SMARTS) is 1. The van der Waals surface area contributed by atoms with Gasteiger partial charge in [0, 0.05) is 30.1 Å². The van der Waals surface area contributed by atoms with E-state index in [1.165, 1.54) is 15.9 Å². The van der Waals surface area contributed by atoms with Crippen LogP contribution in [0.25, 0.3) is 6.08 Å². The van der Waals surface area contributed by atoms with Gasteiger partial charge in [-0.15, -0.1) is 16.4 Å². The van der Waals surface area contributed by atoms with E-state index < -0.39 is 5.97 Å². The van der Waals surface area contributed by atoms with Crippen LogP contribution in [0.3, 0.4) is 0 Å². The summed E-state index contributed by atoms with van der Waals surface area (Å²) in [6, 6.07) is 9.58. The van der Waals surface area contributed by atoms with Crippen LogP contribution in [0.2, 0.25) is 0 Å². The number of aromatic nitrogens is 1. The molecule has 0 amide bonds. The maximum absolute atomic E-state index is 10.6. The lowest BCUT2D eigenvalue weighted by Crippen LogP contribution is -2.23. The average Bonchev–Trinajstić information content (AvgIpc) is 3.12. The standard InChI is InChI=1S/C16H13N3O3S2/c20-13(21)6-7-19-15(22)12(24-16(19)23)8-11-9-17-18-14(11)10-4-2-1-3-5-10/h1-5,8-9,22H,6-7H2,(H,20,21)/p-1/b11-8+. The third kappa shape index (κ3) is 3.34. The SMILES string of the molecule is O=C([O-])CCn1c(O)c(/C=C2\C=NN=C2c2ccccc2)sc1=S. The highest BCUT2D eigenvalue weighted by molar-refractivity contribution is 7.73. The van der Waals surface area contributed by atoms with Gasteiger partial charge < -0.3 is 15.0 Å². The zero-order valence-corrected chi connectivity index (χ0v) is 14.0. The molecule has 0 radical (unpaired) electrons. The van der Waals surface area contributed by atoms with Gasteiger partial charge in [-0.25, -0.2) is 0 Å². The van der Waals surface area contributed by atoms with E-state index in [0.717, 1.165) is 11.1 Å². The van der Waals surface area contributed by atoms with Crippen molar-refractivity contribution in [2.75, 3.05) is 0 Å². The van der Waals surface area contributed by atoms with Crippen molar-refractivity contribution < 1.29 is 15.0 Å². The van der Waals surface area contributed by atoms with Crippen molar-refractivity contribution in [3.63, 3.8) is 0 Å². The minimum Gasteiger partial charge on any atom is -0.550 e. The molecule has 0 bridgehead atoms. The van der Waals surface area contributed by atoms with E-state index in [0.29, 0.717) is 14.5 Å². The molecule has 122 valence electrons. The van der Waals surface area contributed by atoms with Gasteiger partial charge in [0.1, 0.15) is 5.71 Å². The second-order valence-electron chi connectivity index (χ2n) is 4.99. The third-order valence-corrected chi connectivity index (χ3v) is 4.78. The van der Waals surface area contributed by atoms with Crippen LogP contribution in [0.5, 0.6) is 5.88 Å². The molecule has 0 spiro atoms. The second-order valence-corrected chi connectivity index (χ2v) is 6.66. The van der Waals surface area contributed by atoms with Gasteiger partial charge in [0.15, 0.2) is 3.95 Å². The summed E-state index contributed by atoms with van der Waals surface area (Å²) in [5.74, 6) is -1.25. The Hall–Kier alpha value is -2.58. The van der Waals surface area contributed by atoms with Gasteiger partial charge in [0.05, 0.1) is 11.1 Å². The average molecular weight is 358 g/mol. The number of rotatable bonds is 5. The van der Waals surface area contributed by atoms with E-state index in [9.17, 15) is 15.0 Å². The first-order chi connectivity index (χ1) is 11.6. The number of benzene rings is 1. The summed E-state index contributed by atoms with van der Waals surface area (Å²) in [6.07, 6.45) is 3.14. The Morgan fingerprint density at radius 3 is 2.83 bits per heavy atom. The van der Waals surface area contributed by atoms with E-state index >= 15 is 0 Å².